The molecule has 1 saturated heterocycles. The summed E-state index contributed by atoms with van der Waals surface area (Å²) in [6, 6.07) is 8.22. The Bertz CT molecular complexity index is 911. The topological polar surface area (TPSA) is 60.1 Å². The van der Waals surface area contributed by atoms with Crippen LogP contribution in [0.2, 0.25) is 0 Å². The van der Waals surface area contributed by atoms with Crippen molar-refractivity contribution in [2.45, 2.75) is 57.7 Å². The summed E-state index contributed by atoms with van der Waals surface area (Å²) in [5.41, 5.74) is 2.10. The molecule has 5 rings (SSSR count). The number of nitrogens with zero attached hydrogens (tertiary/aromatic N) is 4. The molecule has 1 aromatic heterocycles. The third-order valence-corrected chi connectivity index (χ3v) is 6.18. The van der Waals surface area contributed by atoms with E-state index in [1.807, 2.05) is 36.1 Å². The van der Waals surface area contributed by atoms with E-state index >= 15 is 0 Å². The van der Waals surface area contributed by atoms with Crippen molar-refractivity contribution in [1.82, 2.24) is 19.2 Å². The minimum atomic E-state index is -0.364. The maximum Gasteiger partial charge on any atom is 0.346 e. The molecule has 0 bridgehead atoms. The first kappa shape index (κ1) is 15.9. The van der Waals surface area contributed by atoms with Gasteiger partial charge in [-0.2, -0.15) is 5.10 Å². The largest absolute Gasteiger partial charge is 0.346 e. The molecule has 2 fully saturated rings. The number of carbonyl (C=O) groups is 1. The van der Waals surface area contributed by atoms with Crippen molar-refractivity contribution in [3.8, 4) is 0 Å². The van der Waals surface area contributed by atoms with Crippen LogP contribution in [0.15, 0.2) is 29.1 Å². The summed E-state index contributed by atoms with van der Waals surface area (Å²) in [6.45, 7) is 3.35. The van der Waals surface area contributed by atoms with Gasteiger partial charge in [0.05, 0.1) is 6.54 Å². The number of likely N-dealkylation sites (tertiary alicyclic amines) is 1. The predicted octanol–water partition coefficient (Wildman–Crippen LogP) is 1.90. The van der Waals surface area contributed by atoms with Gasteiger partial charge < -0.3 is 4.90 Å². The summed E-state index contributed by atoms with van der Waals surface area (Å²) < 4.78 is 3.20. The molecule has 3 atom stereocenters. The highest BCUT2D eigenvalue weighted by atomic mass is 16.2. The van der Waals surface area contributed by atoms with Gasteiger partial charge in [0, 0.05) is 19.0 Å². The zero-order valence-corrected chi connectivity index (χ0v) is 15.1. The van der Waals surface area contributed by atoms with Gasteiger partial charge >= 0.3 is 5.69 Å². The average Bonchev–Trinajstić information content (AvgIpc) is 3.19. The first-order valence-electron chi connectivity index (χ1n) is 9.66. The highest BCUT2D eigenvalue weighted by molar-refractivity contribution is 5.81. The zero-order valence-electron chi connectivity index (χ0n) is 15.1. The van der Waals surface area contributed by atoms with Gasteiger partial charge in [-0.1, -0.05) is 29.8 Å². The second kappa shape index (κ2) is 5.83. The van der Waals surface area contributed by atoms with Crippen LogP contribution in [-0.2, 0) is 17.8 Å². The fourth-order valence-electron chi connectivity index (χ4n) is 4.59. The molecule has 6 nitrogen and oxygen atoms in total. The zero-order chi connectivity index (χ0) is 17.8. The van der Waals surface area contributed by atoms with Gasteiger partial charge in [0.1, 0.15) is 11.9 Å². The summed E-state index contributed by atoms with van der Waals surface area (Å²) in [5.74, 6) is 1.61. The van der Waals surface area contributed by atoms with Crippen LogP contribution in [0.5, 0.6) is 0 Å². The number of carbonyl (C=O) groups excluding carboxylic acids is 1. The molecule has 1 saturated carbocycles. The summed E-state index contributed by atoms with van der Waals surface area (Å²) in [5, 5.41) is 4.55. The number of aryl methyl sites for hydroxylation is 2. The molecule has 1 aliphatic carbocycles. The number of hydrogen-bond donors (Lipinski definition) is 0. The van der Waals surface area contributed by atoms with Gasteiger partial charge in [0.15, 0.2) is 0 Å². The summed E-state index contributed by atoms with van der Waals surface area (Å²) in [7, 11) is 0. The number of benzene rings is 1. The van der Waals surface area contributed by atoms with E-state index in [4.69, 9.17) is 0 Å². The Morgan fingerprint density at radius 3 is 2.73 bits per heavy atom. The van der Waals surface area contributed by atoms with Crippen LogP contribution in [0.1, 0.15) is 48.7 Å². The number of aromatic nitrogens is 3. The van der Waals surface area contributed by atoms with Crippen LogP contribution < -0.4 is 5.69 Å². The minimum absolute atomic E-state index is 0.132. The van der Waals surface area contributed by atoms with Gasteiger partial charge in [-0.05, 0) is 44.1 Å². The minimum Gasteiger partial charge on any atom is -0.338 e. The molecular formula is C20H24N4O2. The molecule has 2 aromatic rings. The van der Waals surface area contributed by atoms with E-state index < -0.39 is 0 Å². The fraction of sp³-hybridized carbons (Fsp3) is 0.550. The number of rotatable bonds is 3. The van der Waals surface area contributed by atoms with E-state index in [9.17, 15) is 9.59 Å². The summed E-state index contributed by atoms with van der Waals surface area (Å²) in [4.78, 5) is 28.1. The molecule has 0 spiro atoms. The van der Waals surface area contributed by atoms with Crippen LogP contribution in [0.25, 0.3) is 0 Å². The standard InChI is InChI=1S/C20H24N4O2/c1-13-5-7-14(8-6-13)12-23-20(26)24-16(3-2-4-18(24)21-23)19(25)22-10-9-15-11-17(15)22/h5-8,15-17H,2-4,9-12H2,1H3. The SMILES string of the molecule is Cc1ccc(Cn2nc3n(c2=O)C(C(=O)N2CCC4CC42)CCC3)cc1. The molecule has 1 aromatic carbocycles. The molecule has 136 valence electrons. The fourth-order valence-corrected chi connectivity index (χ4v) is 4.59. The number of fused-ring (bicyclic) bond motifs is 2. The summed E-state index contributed by atoms with van der Waals surface area (Å²) >= 11 is 0. The molecule has 0 radical (unpaired) electrons. The van der Waals surface area contributed by atoms with Crippen molar-refractivity contribution in [3.05, 3.63) is 51.7 Å². The van der Waals surface area contributed by atoms with Gasteiger partial charge in [0.2, 0.25) is 5.91 Å². The summed E-state index contributed by atoms with van der Waals surface area (Å²) in [6.07, 6.45) is 4.70. The highest BCUT2D eigenvalue weighted by Crippen LogP contribution is 2.45. The van der Waals surface area contributed by atoms with Crippen molar-refractivity contribution in [3.63, 3.8) is 0 Å². The van der Waals surface area contributed by atoms with E-state index in [0.29, 0.717) is 18.5 Å². The number of hydrogen-bond acceptors (Lipinski definition) is 3. The molecule has 26 heavy (non-hydrogen) atoms. The molecule has 3 unspecified atom stereocenters. The first-order chi connectivity index (χ1) is 12.6. The Hall–Kier alpha value is -2.37. The van der Waals surface area contributed by atoms with Gasteiger partial charge in [-0.25, -0.2) is 9.48 Å². The lowest BCUT2D eigenvalue weighted by Gasteiger charge is -2.28. The molecular weight excluding hydrogens is 328 g/mol. The van der Waals surface area contributed by atoms with Gasteiger partial charge in [-0.15, -0.1) is 0 Å². The van der Waals surface area contributed by atoms with E-state index in [2.05, 4.69) is 5.10 Å². The lowest BCUT2D eigenvalue weighted by Crippen LogP contribution is -2.42. The van der Waals surface area contributed by atoms with Crippen LogP contribution in [0.3, 0.4) is 0 Å². The maximum atomic E-state index is 13.1. The van der Waals surface area contributed by atoms with Crippen molar-refractivity contribution in [2.75, 3.05) is 6.54 Å². The monoisotopic (exact) mass is 352 g/mol. The third-order valence-electron chi connectivity index (χ3n) is 6.18. The van der Waals surface area contributed by atoms with E-state index in [-0.39, 0.29) is 17.6 Å². The normalized spacial score (nSPS) is 26.5. The van der Waals surface area contributed by atoms with Crippen molar-refractivity contribution < 1.29 is 4.79 Å². The smallest absolute Gasteiger partial charge is 0.338 e. The van der Waals surface area contributed by atoms with Crippen LogP contribution >= 0.6 is 0 Å². The van der Waals surface area contributed by atoms with Crippen LogP contribution in [-0.4, -0.2) is 37.7 Å². The van der Waals surface area contributed by atoms with Crippen LogP contribution in [0, 0.1) is 12.8 Å². The van der Waals surface area contributed by atoms with Crippen LogP contribution in [0.4, 0.5) is 0 Å². The lowest BCUT2D eigenvalue weighted by molar-refractivity contribution is -0.135. The molecule has 3 heterocycles. The molecule has 2 aliphatic heterocycles. The third kappa shape index (κ3) is 2.50. The van der Waals surface area contributed by atoms with E-state index in [0.717, 1.165) is 50.0 Å². The molecule has 3 aliphatic rings. The molecule has 6 heteroatoms. The lowest BCUT2D eigenvalue weighted by atomic mass is 10.0. The average molecular weight is 352 g/mol. The number of amides is 1. The molecule has 0 N–H and O–H groups in total. The highest BCUT2D eigenvalue weighted by Gasteiger charge is 2.50. The predicted molar refractivity (Wildman–Crippen MR) is 97.0 cm³/mol. The number of piperidine rings is 1. The van der Waals surface area contributed by atoms with Crippen molar-refractivity contribution >= 4 is 5.91 Å². The van der Waals surface area contributed by atoms with E-state index in [1.54, 1.807) is 4.57 Å². The second-order valence-corrected chi connectivity index (χ2v) is 8.00. The Labute approximate surface area is 152 Å². The Morgan fingerprint density at radius 2 is 2.04 bits per heavy atom. The Morgan fingerprint density at radius 1 is 1.23 bits per heavy atom. The molecule has 1 amide bonds. The van der Waals surface area contributed by atoms with Gasteiger partial charge in [0.25, 0.3) is 0 Å². The Kier molecular flexibility index (Phi) is 3.55. The second-order valence-electron chi connectivity index (χ2n) is 8.00. The first-order valence-corrected chi connectivity index (χ1v) is 9.66. The quantitative estimate of drug-likeness (QED) is 0.848. The Balaban J connectivity index is 1.44. The van der Waals surface area contributed by atoms with Gasteiger partial charge in [-0.3, -0.25) is 9.36 Å². The van der Waals surface area contributed by atoms with E-state index in [1.165, 1.54) is 10.2 Å². The van der Waals surface area contributed by atoms with Crippen molar-refractivity contribution in [1.29, 1.82) is 0 Å². The van der Waals surface area contributed by atoms with Crippen molar-refractivity contribution in [2.24, 2.45) is 5.92 Å². The maximum absolute atomic E-state index is 13.1.